The summed E-state index contributed by atoms with van der Waals surface area (Å²) in [6, 6.07) is 16.5. The lowest BCUT2D eigenvalue weighted by Gasteiger charge is -2.10. The number of fused-ring (bicyclic) bond motifs is 1. The predicted molar refractivity (Wildman–Crippen MR) is 126 cm³/mol. The number of hydrogen-bond donors (Lipinski definition) is 2. The minimum absolute atomic E-state index is 0.245. The Morgan fingerprint density at radius 2 is 1.79 bits per heavy atom. The average molecular weight is 469 g/mol. The molecule has 10 heteroatoms. The van der Waals surface area contributed by atoms with E-state index in [0.29, 0.717) is 43.8 Å². The molecule has 9 nitrogen and oxygen atoms in total. The van der Waals surface area contributed by atoms with Gasteiger partial charge in [-0.1, -0.05) is 49.4 Å². The van der Waals surface area contributed by atoms with Crippen LogP contribution in [0, 0.1) is 0 Å². The summed E-state index contributed by atoms with van der Waals surface area (Å²) in [5.41, 5.74) is 1.70. The van der Waals surface area contributed by atoms with E-state index in [2.05, 4.69) is 9.97 Å². The highest BCUT2D eigenvalue weighted by Gasteiger charge is 2.17. The maximum Gasteiger partial charge on any atom is 0.357 e. The molecule has 4 rings (SSSR count). The molecule has 0 bridgehead atoms. The Bertz CT molecular complexity index is 1410. The molecule has 2 aromatic carbocycles. The maximum atomic E-state index is 13.1. The van der Waals surface area contributed by atoms with E-state index in [-0.39, 0.29) is 22.5 Å². The molecule has 0 aliphatic carbocycles. The van der Waals surface area contributed by atoms with Crippen LogP contribution in [0.5, 0.6) is 5.75 Å². The lowest BCUT2D eigenvalue weighted by Crippen LogP contribution is -2.40. The van der Waals surface area contributed by atoms with Gasteiger partial charge in [0.15, 0.2) is 5.65 Å². The third-order valence-corrected chi connectivity index (χ3v) is 5.60. The van der Waals surface area contributed by atoms with Gasteiger partial charge in [0.1, 0.15) is 17.1 Å². The van der Waals surface area contributed by atoms with Crippen LogP contribution in [0.3, 0.4) is 0 Å². The molecule has 1 atom stereocenters. The fourth-order valence-electron chi connectivity index (χ4n) is 3.79. The SMILES string of the molecule is CCCn1c(=O)c2[nH]c(Cc3cccc(OS(=O)O)c3)nc2n(CCc2ccccc2)c1=O. The zero-order chi connectivity index (χ0) is 23.4. The van der Waals surface area contributed by atoms with E-state index in [1.165, 1.54) is 4.57 Å². The van der Waals surface area contributed by atoms with Gasteiger partial charge in [-0.25, -0.2) is 9.78 Å². The summed E-state index contributed by atoms with van der Waals surface area (Å²) in [6.07, 6.45) is 1.60. The first-order valence-corrected chi connectivity index (χ1v) is 11.6. The monoisotopic (exact) mass is 468 g/mol. The van der Waals surface area contributed by atoms with Crippen LogP contribution < -0.4 is 15.4 Å². The zero-order valence-corrected chi connectivity index (χ0v) is 18.9. The Balaban J connectivity index is 1.73. The largest absolute Gasteiger partial charge is 0.380 e. The second-order valence-corrected chi connectivity index (χ2v) is 8.23. The quantitative estimate of drug-likeness (QED) is 0.365. The zero-order valence-electron chi connectivity index (χ0n) is 18.1. The molecule has 33 heavy (non-hydrogen) atoms. The third-order valence-electron chi connectivity index (χ3n) is 5.26. The van der Waals surface area contributed by atoms with Crippen molar-refractivity contribution in [3.8, 4) is 5.75 Å². The Morgan fingerprint density at radius 1 is 1.03 bits per heavy atom. The van der Waals surface area contributed by atoms with Crippen molar-refractivity contribution in [3.05, 3.63) is 92.4 Å². The van der Waals surface area contributed by atoms with Crippen LogP contribution in [0.4, 0.5) is 0 Å². The highest BCUT2D eigenvalue weighted by atomic mass is 32.2. The van der Waals surface area contributed by atoms with E-state index in [9.17, 15) is 13.8 Å². The molecule has 0 amide bonds. The van der Waals surface area contributed by atoms with Gasteiger partial charge in [0.2, 0.25) is 0 Å². The molecule has 0 spiro atoms. The van der Waals surface area contributed by atoms with Crippen LogP contribution in [0.1, 0.15) is 30.3 Å². The number of aromatic amines is 1. The van der Waals surface area contributed by atoms with Crippen molar-refractivity contribution in [1.29, 1.82) is 0 Å². The fourth-order valence-corrected chi connectivity index (χ4v) is 4.06. The number of hydrogen-bond acceptors (Lipinski definition) is 5. The normalized spacial score (nSPS) is 12.2. The summed E-state index contributed by atoms with van der Waals surface area (Å²) in [5.74, 6) is 0.751. The van der Waals surface area contributed by atoms with Gasteiger partial charge < -0.3 is 9.17 Å². The van der Waals surface area contributed by atoms with Crippen LogP contribution >= 0.6 is 0 Å². The number of imidazole rings is 1. The Morgan fingerprint density at radius 3 is 2.52 bits per heavy atom. The highest BCUT2D eigenvalue weighted by Crippen LogP contribution is 2.17. The molecule has 2 N–H and O–H groups in total. The van der Waals surface area contributed by atoms with Crippen molar-refractivity contribution >= 4 is 22.5 Å². The van der Waals surface area contributed by atoms with Gasteiger partial charge in [0.25, 0.3) is 5.56 Å². The van der Waals surface area contributed by atoms with Crippen LogP contribution in [-0.2, 0) is 37.3 Å². The summed E-state index contributed by atoms with van der Waals surface area (Å²) in [7, 11) is 0. The van der Waals surface area contributed by atoms with Crippen molar-refractivity contribution in [2.24, 2.45) is 0 Å². The third kappa shape index (κ3) is 5.12. The van der Waals surface area contributed by atoms with Gasteiger partial charge >= 0.3 is 17.1 Å². The molecule has 0 radical (unpaired) electrons. The maximum absolute atomic E-state index is 13.1. The van der Waals surface area contributed by atoms with Crippen molar-refractivity contribution < 1.29 is 12.9 Å². The number of aryl methyl sites for hydroxylation is 2. The molecule has 1 unspecified atom stereocenters. The number of benzene rings is 2. The predicted octanol–water partition coefficient (Wildman–Crippen LogP) is 2.65. The molecule has 2 heterocycles. The molecule has 2 aromatic heterocycles. The molecular formula is C23H24N4O5S. The number of aromatic nitrogens is 4. The number of nitrogens with zero attached hydrogens (tertiary/aromatic N) is 3. The second-order valence-electron chi connectivity index (χ2n) is 7.63. The lowest BCUT2D eigenvalue weighted by molar-refractivity contribution is 0.458. The fraction of sp³-hybridized carbons (Fsp3) is 0.261. The van der Waals surface area contributed by atoms with Crippen LogP contribution in [0.25, 0.3) is 11.2 Å². The standard InChI is InChI=1S/C23H24N4O5S/c1-2-12-27-22(28)20-21(26(23(27)29)13-11-16-7-4-3-5-8-16)25-19(24-20)15-17-9-6-10-18(14-17)32-33(30)31/h3-10,14H,2,11-13,15H2,1H3,(H,24,25)(H,30,31). The second kappa shape index (κ2) is 9.97. The molecule has 0 saturated heterocycles. The number of rotatable bonds is 9. The minimum atomic E-state index is -2.42. The van der Waals surface area contributed by atoms with E-state index in [0.717, 1.165) is 11.1 Å². The van der Waals surface area contributed by atoms with E-state index in [1.807, 2.05) is 43.3 Å². The molecule has 0 fully saturated rings. The molecule has 4 aromatic rings. The van der Waals surface area contributed by atoms with Gasteiger partial charge in [0.05, 0.1) is 0 Å². The smallest absolute Gasteiger partial charge is 0.357 e. The van der Waals surface area contributed by atoms with Crippen molar-refractivity contribution in [1.82, 2.24) is 19.1 Å². The molecule has 0 aliphatic heterocycles. The first-order chi connectivity index (χ1) is 16.0. The molecule has 172 valence electrons. The van der Waals surface area contributed by atoms with E-state index in [4.69, 9.17) is 8.74 Å². The summed E-state index contributed by atoms with van der Waals surface area (Å²) >= 11 is -2.42. The summed E-state index contributed by atoms with van der Waals surface area (Å²) in [4.78, 5) is 33.8. The summed E-state index contributed by atoms with van der Waals surface area (Å²) in [6.45, 7) is 2.63. The van der Waals surface area contributed by atoms with Crippen molar-refractivity contribution in [2.45, 2.75) is 39.3 Å². The van der Waals surface area contributed by atoms with Crippen LogP contribution in [0.15, 0.2) is 64.2 Å². The van der Waals surface area contributed by atoms with E-state index in [1.54, 1.807) is 22.8 Å². The van der Waals surface area contributed by atoms with Gasteiger partial charge in [-0.3, -0.25) is 18.5 Å². The Labute approximate surface area is 192 Å². The van der Waals surface area contributed by atoms with E-state index < -0.39 is 11.4 Å². The van der Waals surface area contributed by atoms with Gasteiger partial charge in [-0.2, -0.15) is 4.21 Å². The van der Waals surface area contributed by atoms with E-state index >= 15 is 0 Å². The molecule has 0 aliphatic rings. The first-order valence-electron chi connectivity index (χ1n) is 10.6. The topological polar surface area (TPSA) is 119 Å². The van der Waals surface area contributed by atoms with Crippen LogP contribution in [-0.4, -0.2) is 27.9 Å². The van der Waals surface area contributed by atoms with Gasteiger partial charge in [-0.05, 0) is 36.1 Å². The van der Waals surface area contributed by atoms with Gasteiger partial charge in [0, 0.05) is 19.5 Å². The summed E-state index contributed by atoms with van der Waals surface area (Å²) < 4.78 is 27.5. The van der Waals surface area contributed by atoms with Crippen molar-refractivity contribution in [2.75, 3.05) is 0 Å². The number of H-pyrrole nitrogens is 1. The Hall–Kier alpha value is -3.50. The number of nitrogens with one attached hydrogen (secondary N) is 1. The highest BCUT2D eigenvalue weighted by molar-refractivity contribution is 7.74. The average Bonchev–Trinajstić information content (AvgIpc) is 3.21. The minimum Gasteiger partial charge on any atom is -0.380 e. The van der Waals surface area contributed by atoms with Crippen LogP contribution in [0.2, 0.25) is 0 Å². The van der Waals surface area contributed by atoms with Gasteiger partial charge in [-0.15, -0.1) is 0 Å². The first kappa shape index (κ1) is 22.7. The lowest BCUT2D eigenvalue weighted by atomic mass is 10.1. The molecular weight excluding hydrogens is 444 g/mol. The molecule has 0 saturated carbocycles. The van der Waals surface area contributed by atoms with Crippen molar-refractivity contribution in [3.63, 3.8) is 0 Å². The summed E-state index contributed by atoms with van der Waals surface area (Å²) in [5, 5.41) is 0. The Kier molecular flexibility index (Phi) is 6.85.